The third kappa shape index (κ3) is 2.62. The Hall–Kier alpha value is -2.02. The number of hydrogen-bond donors (Lipinski definition) is 0. The van der Waals surface area contributed by atoms with Gasteiger partial charge in [-0.15, -0.1) is 0 Å². The van der Waals surface area contributed by atoms with E-state index in [0.29, 0.717) is 0 Å². The maximum absolute atomic E-state index is 5.83. The van der Waals surface area contributed by atoms with E-state index in [1.807, 2.05) is 12.3 Å². The molecule has 1 aromatic rings. The highest BCUT2D eigenvalue weighted by Crippen LogP contribution is 2.33. The van der Waals surface area contributed by atoms with Gasteiger partial charge in [-0.05, 0) is 60.6 Å². The molecule has 0 bridgehead atoms. The van der Waals surface area contributed by atoms with Crippen LogP contribution in [0.1, 0.15) is 36.8 Å². The fraction of sp³-hybridized carbons (Fsp3) is 0.263. The van der Waals surface area contributed by atoms with E-state index in [2.05, 4.69) is 43.8 Å². The van der Waals surface area contributed by atoms with E-state index in [1.165, 1.54) is 29.5 Å². The van der Waals surface area contributed by atoms with E-state index >= 15 is 0 Å². The van der Waals surface area contributed by atoms with E-state index < -0.39 is 0 Å². The van der Waals surface area contributed by atoms with Gasteiger partial charge in [0.1, 0.15) is 5.76 Å². The summed E-state index contributed by atoms with van der Waals surface area (Å²) in [6, 6.07) is 8.57. The lowest BCUT2D eigenvalue weighted by Gasteiger charge is -2.21. The SMILES string of the molecule is C=C1/C=C(c2ccc(C)cc2)\C=C/OC2=C1CCCC2. The Labute approximate surface area is 121 Å². The standard InChI is InChI=1S/C19H20O/c1-14-7-9-16(10-8-14)17-11-12-20-19-6-4-3-5-18(19)15(2)13-17/h7-13H,2-6H2,1H3/b12-11-,17-13+. The van der Waals surface area contributed by atoms with E-state index in [1.54, 1.807) is 0 Å². The van der Waals surface area contributed by atoms with E-state index in [4.69, 9.17) is 4.74 Å². The highest BCUT2D eigenvalue weighted by Gasteiger charge is 2.17. The van der Waals surface area contributed by atoms with Crippen LogP contribution in [0.2, 0.25) is 0 Å². The molecule has 1 nitrogen and oxygen atoms in total. The van der Waals surface area contributed by atoms with Crippen LogP contribution in [0.4, 0.5) is 0 Å². The van der Waals surface area contributed by atoms with Gasteiger partial charge in [0.05, 0.1) is 6.26 Å². The van der Waals surface area contributed by atoms with Gasteiger partial charge in [0.15, 0.2) is 0 Å². The fourth-order valence-corrected chi connectivity index (χ4v) is 2.79. The average molecular weight is 264 g/mol. The molecule has 0 N–H and O–H groups in total. The monoisotopic (exact) mass is 264 g/mol. The van der Waals surface area contributed by atoms with Crippen LogP contribution in [-0.2, 0) is 4.74 Å². The molecule has 1 heteroatoms. The summed E-state index contributed by atoms with van der Waals surface area (Å²) < 4.78 is 5.83. The lowest BCUT2D eigenvalue weighted by atomic mass is 9.90. The molecular weight excluding hydrogens is 244 g/mol. The summed E-state index contributed by atoms with van der Waals surface area (Å²) in [6.45, 7) is 6.35. The van der Waals surface area contributed by atoms with Gasteiger partial charge in [0.2, 0.25) is 0 Å². The number of benzene rings is 1. The van der Waals surface area contributed by atoms with E-state index in [-0.39, 0.29) is 0 Å². The van der Waals surface area contributed by atoms with Crippen LogP contribution in [0.15, 0.2) is 66.2 Å². The zero-order valence-electron chi connectivity index (χ0n) is 12.0. The molecule has 1 aromatic carbocycles. The Morgan fingerprint density at radius 1 is 1.05 bits per heavy atom. The molecule has 0 spiro atoms. The van der Waals surface area contributed by atoms with Crippen molar-refractivity contribution in [2.75, 3.05) is 0 Å². The number of rotatable bonds is 1. The van der Waals surface area contributed by atoms with Gasteiger partial charge in [-0.3, -0.25) is 0 Å². The van der Waals surface area contributed by atoms with Crippen molar-refractivity contribution in [1.29, 1.82) is 0 Å². The maximum atomic E-state index is 5.83. The van der Waals surface area contributed by atoms with Crippen molar-refractivity contribution in [3.63, 3.8) is 0 Å². The van der Waals surface area contributed by atoms with Gasteiger partial charge < -0.3 is 4.74 Å². The minimum atomic E-state index is 1.03. The summed E-state index contributed by atoms with van der Waals surface area (Å²) in [5.41, 5.74) is 6.03. The molecule has 102 valence electrons. The van der Waals surface area contributed by atoms with Gasteiger partial charge in [-0.2, -0.15) is 0 Å². The number of ether oxygens (including phenoxy) is 1. The zero-order valence-corrected chi connectivity index (χ0v) is 12.0. The van der Waals surface area contributed by atoms with Crippen molar-refractivity contribution in [1.82, 2.24) is 0 Å². The van der Waals surface area contributed by atoms with Gasteiger partial charge in [0, 0.05) is 6.42 Å². The normalized spacial score (nSPS) is 23.1. The molecule has 0 unspecified atom stereocenters. The molecule has 2 aliphatic rings. The molecule has 0 radical (unpaired) electrons. The van der Waals surface area contributed by atoms with Gasteiger partial charge in [-0.25, -0.2) is 0 Å². The van der Waals surface area contributed by atoms with E-state index in [9.17, 15) is 0 Å². The van der Waals surface area contributed by atoms with Crippen LogP contribution in [-0.4, -0.2) is 0 Å². The predicted molar refractivity (Wildman–Crippen MR) is 84.0 cm³/mol. The molecule has 0 fully saturated rings. The summed E-state index contributed by atoms with van der Waals surface area (Å²) in [6.07, 6.45) is 10.6. The topological polar surface area (TPSA) is 9.23 Å². The molecule has 0 saturated carbocycles. The van der Waals surface area contributed by atoms with Crippen molar-refractivity contribution in [2.24, 2.45) is 0 Å². The van der Waals surface area contributed by atoms with Gasteiger partial charge >= 0.3 is 0 Å². The van der Waals surface area contributed by atoms with Crippen LogP contribution >= 0.6 is 0 Å². The van der Waals surface area contributed by atoms with Crippen molar-refractivity contribution >= 4 is 5.57 Å². The second kappa shape index (κ2) is 5.54. The third-order valence-corrected chi connectivity index (χ3v) is 3.98. The summed E-state index contributed by atoms with van der Waals surface area (Å²) in [5.74, 6) is 1.11. The average Bonchev–Trinajstić information content (AvgIpc) is 2.45. The van der Waals surface area contributed by atoms with Crippen molar-refractivity contribution < 1.29 is 4.74 Å². The first kappa shape index (κ1) is 13.0. The lowest BCUT2D eigenvalue weighted by Crippen LogP contribution is -2.04. The molecule has 0 saturated heterocycles. The Morgan fingerprint density at radius 2 is 1.80 bits per heavy atom. The molecule has 20 heavy (non-hydrogen) atoms. The number of aryl methyl sites for hydroxylation is 1. The third-order valence-electron chi connectivity index (χ3n) is 3.98. The minimum Gasteiger partial charge on any atom is -0.469 e. The van der Waals surface area contributed by atoms with Crippen LogP contribution in [0.3, 0.4) is 0 Å². The fourth-order valence-electron chi connectivity index (χ4n) is 2.79. The highest BCUT2D eigenvalue weighted by molar-refractivity contribution is 5.77. The smallest absolute Gasteiger partial charge is 0.107 e. The molecule has 1 aliphatic carbocycles. The van der Waals surface area contributed by atoms with Crippen LogP contribution < -0.4 is 0 Å². The Balaban J connectivity index is 1.97. The number of hydrogen-bond acceptors (Lipinski definition) is 1. The van der Waals surface area contributed by atoms with Gasteiger partial charge in [-0.1, -0.05) is 36.4 Å². The van der Waals surface area contributed by atoms with Crippen LogP contribution in [0.25, 0.3) is 5.57 Å². The summed E-state index contributed by atoms with van der Waals surface area (Å²) in [7, 11) is 0. The quantitative estimate of drug-likeness (QED) is 0.668. The largest absolute Gasteiger partial charge is 0.469 e. The predicted octanol–water partition coefficient (Wildman–Crippen LogP) is 5.31. The van der Waals surface area contributed by atoms with E-state index in [0.717, 1.165) is 29.7 Å². The van der Waals surface area contributed by atoms with Crippen molar-refractivity contribution in [3.05, 3.63) is 77.3 Å². The Bertz CT molecular complexity index is 612. The maximum Gasteiger partial charge on any atom is 0.107 e. The van der Waals surface area contributed by atoms with Gasteiger partial charge in [0.25, 0.3) is 0 Å². The summed E-state index contributed by atoms with van der Waals surface area (Å²) in [5, 5.41) is 0. The first-order chi connectivity index (χ1) is 9.74. The van der Waals surface area contributed by atoms with Crippen LogP contribution in [0, 0.1) is 6.92 Å². The molecular formula is C19H20O. The minimum absolute atomic E-state index is 1.03. The first-order valence-corrected chi connectivity index (χ1v) is 7.27. The molecule has 0 amide bonds. The molecule has 1 aliphatic heterocycles. The molecule has 0 atom stereocenters. The zero-order chi connectivity index (χ0) is 13.9. The van der Waals surface area contributed by atoms with Crippen LogP contribution in [0.5, 0.6) is 0 Å². The highest BCUT2D eigenvalue weighted by atomic mass is 16.5. The number of allylic oxidation sites excluding steroid dienone is 6. The van der Waals surface area contributed by atoms with Crippen molar-refractivity contribution in [2.45, 2.75) is 32.6 Å². The summed E-state index contributed by atoms with van der Waals surface area (Å²) in [4.78, 5) is 0. The Kier molecular flexibility index (Phi) is 3.60. The van der Waals surface area contributed by atoms with Crippen molar-refractivity contribution in [3.8, 4) is 0 Å². The molecule has 3 rings (SSSR count). The lowest BCUT2D eigenvalue weighted by molar-refractivity contribution is 0.313. The first-order valence-electron chi connectivity index (χ1n) is 7.27. The Morgan fingerprint density at radius 3 is 2.60 bits per heavy atom. The molecule has 1 heterocycles. The second-order valence-corrected chi connectivity index (χ2v) is 5.52. The second-order valence-electron chi connectivity index (χ2n) is 5.52. The summed E-state index contributed by atoms with van der Waals surface area (Å²) >= 11 is 0. The molecule has 0 aromatic heterocycles.